The molecular formula is C11H27NO. The minimum atomic E-state index is 0.0463. The van der Waals surface area contributed by atoms with Crippen molar-refractivity contribution >= 4 is 0 Å². The van der Waals surface area contributed by atoms with E-state index in [4.69, 9.17) is 5.11 Å². The molecule has 2 heteroatoms. The van der Waals surface area contributed by atoms with Gasteiger partial charge in [-0.05, 0) is 32.9 Å². The van der Waals surface area contributed by atoms with Gasteiger partial charge in [0.15, 0.2) is 0 Å². The molecule has 2 nitrogen and oxygen atoms in total. The second-order valence-electron chi connectivity index (χ2n) is 3.04. The van der Waals surface area contributed by atoms with Crippen molar-refractivity contribution in [2.45, 2.75) is 59.0 Å². The van der Waals surface area contributed by atoms with Crippen LogP contribution in [0.2, 0.25) is 0 Å². The Hall–Kier alpha value is -0.0800. The minimum absolute atomic E-state index is 0.0463. The summed E-state index contributed by atoms with van der Waals surface area (Å²) in [6, 6.07) is 0. The molecule has 1 fully saturated rings. The molecule has 0 heterocycles. The van der Waals surface area contributed by atoms with Crippen LogP contribution >= 0.6 is 0 Å². The summed E-state index contributed by atoms with van der Waals surface area (Å²) in [4.78, 5) is 0. The Labute approximate surface area is 83.7 Å². The smallest absolute Gasteiger partial charge is 0.0540 e. The standard InChI is InChI=1S/C5H10O.C4H11N.C2H6/c6-5-3-1-2-4-5;1-3-4-5-2;1-2/h5-6H,1-4H2;5H,3-4H2,1-2H3;1-2H3. The molecule has 1 rings (SSSR count). The van der Waals surface area contributed by atoms with Crippen molar-refractivity contribution < 1.29 is 5.11 Å². The van der Waals surface area contributed by atoms with Crippen LogP contribution in [0.4, 0.5) is 0 Å². The number of nitrogens with one attached hydrogen (secondary N) is 1. The summed E-state index contributed by atoms with van der Waals surface area (Å²) in [5.41, 5.74) is 0. The van der Waals surface area contributed by atoms with Crippen LogP contribution in [0.3, 0.4) is 0 Å². The Morgan fingerprint density at radius 3 is 1.77 bits per heavy atom. The Morgan fingerprint density at radius 1 is 1.23 bits per heavy atom. The summed E-state index contributed by atoms with van der Waals surface area (Å²) in [6.07, 6.45) is 5.84. The molecule has 0 aliphatic heterocycles. The molecule has 0 bridgehead atoms. The Morgan fingerprint density at radius 2 is 1.69 bits per heavy atom. The largest absolute Gasteiger partial charge is 0.393 e. The maximum Gasteiger partial charge on any atom is 0.0540 e. The highest BCUT2D eigenvalue weighted by molar-refractivity contribution is 4.63. The first-order chi connectivity index (χ1) is 6.31. The van der Waals surface area contributed by atoms with E-state index >= 15 is 0 Å². The molecule has 0 aromatic rings. The van der Waals surface area contributed by atoms with Crippen molar-refractivity contribution in [3.63, 3.8) is 0 Å². The summed E-state index contributed by atoms with van der Waals surface area (Å²) < 4.78 is 0. The molecule has 0 radical (unpaired) electrons. The number of aliphatic hydroxyl groups excluding tert-OH is 1. The van der Waals surface area contributed by atoms with E-state index in [2.05, 4.69) is 12.2 Å². The summed E-state index contributed by atoms with van der Waals surface area (Å²) in [7, 11) is 1.96. The van der Waals surface area contributed by atoms with Crippen LogP contribution in [0, 0.1) is 0 Å². The van der Waals surface area contributed by atoms with Gasteiger partial charge in [-0.2, -0.15) is 0 Å². The maximum absolute atomic E-state index is 8.73. The first-order valence-corrected chi connectivity index (χ1v) is 5.64. The van der Waals surface area contributed by atoms with Crippen LogP contribution in [-0.4, -0.2) is 24.8 Å². The molecule has 0 saturated heterocycles. The highest BCUT2D eigenvalue weighted by Crippen LogP contribution is 2.16. The second-order valence-corrected chi connectivity index (χ2v) is 3.04. The van der Waals surface area contributed by atoms with Crippen molar-refractivity contribution in [3.05, 3.63) is 0 Å². The molecule has 0 spiro atoms. The zero-order valence-electron chi connectivity index (χ0n) is 9.77. The molecule has 1 aliphatic rings. The van der Waals surface area contributed by atoms with Gasteiger partial charge in [-0.25, -0.2) is 0 Å². The van der Waals surface area contributed by atoms with Gasteiger partial charge >= 0.3 is 0 Å². The van der Waals surface area contributed by atoms with Crippen LogP contribution in [0.25, 0.3) is 0 Å². The molecule has 0 unspecified atom stereocenters. The van der Waals surface area contributed by atoms with E-state index in [1.165, 1.54) is 19.3 Å². The van der Waals surface area contributed by atoms with Gasteiger partial charge in [0.2, 0.25) is 0 Å². The van der Waals surface area contributed by atoms with Crippen molar-refractivity contribution in [3.8, 4) is 0 Å². The van der Waals surface area contributed by atoms with Gasteiger partial charge < -0.3 is 10.4 Å². The molecule has 13 heavy (non-hydrogen) atoms. The Balaban J connectivity index is 0. The van der Waals surface area contributed by atoms with Crippen LogP contribution in [-0.2, 0) is 0 Å². The van der Waals surface area contributed by atoms with Crippen LogP contribution in [0.15, 0.2) is 0 Å². The highest BCUT2D eigenvalue weighted by atomic mass is 16.3. The molecule has 0 atom stereocenters. The van der Waals surface area contributed by atoms with Crippen LogP contribution < -0.4 is 5.32 Å². The molecule has 2 N–H and O–H groups in total. The fourth-order valence-electron chi connectivity index (χ4n) is 1.15. The van der Waals surface area contributed by atoms with Gasteiger partial charge in [-0.15, -0.1) is 0 Å². The molecule has 0 aromatic heterocycles. The quantitative estimate of drug-likeness (QED) is 0.700. The number of rotatable bonds is 2. The third-order valence-corrected chi connectivity index (χ3v) is 1.82. The zero-order valence-corrected chi connectivity index (χ0v) is 9.77. The average Bonchev–Trinajstić information content (AvgIpc) is 2.62. The van der Waals surface area contributed by atoms with Gasteiger partial charge in [-0.3, -0.25) is 0 Å². The molecule has 82 valence electrons. The first kappa shape index (κ1) is 15.4. The van der Waals surface area contributed by atoms with Gasteiger partial charge in [0.1, 0.15) is 0 Å². The van der Waals surface area contributed by atoms with E-state index in [1.807, 2.05) is 20.9 Å². The highest BCUT2D eigenvalue weighted by Gasteiger charge is 2.09. The predicted molar refractivity (Wildman–Crippen MR) is 60.0 cm³/mol. The average molecular weight is 189 g/mol. The summed E-state index contributed by atoms with van der Waals surface area (Å²) in [6.45, 7) is 7.29. The lowest BCUT2D eigenvalue weighted by Gasteiger charge is -1.91. The lowest BCUT2D eigenvalue weighted by atomic mass is 10.3. The summed E-state index contributed by atoms with van der Waals surface area (Å²) in [5.74, 6) is 0. The predicted octanol–water partition coefficient (Wildman–Crippen LogP) is 2.56. The van der Waals surface area contributed by atoms with E-state index in [0.717, 1.165) is 19.4 Å². The van der Waals surface area contributed by atoms with E-state index in [9.17, 15) is 0 Å². The van der Waals surface area contributed by atoms with Crippen molar-refractivity contribution in [1.82, 2.24) is 5.32 Å². The first-order valence-electron chi connectivity index (χ1n) is 5.64. The molecule has 0 amide bonds. The van der Waals surface area contributed by atoms with Gasteiger partial charge in [0.05, 0.1) is 6.10 Å². The SMILES string of the molecule is CC.CCCNC.OC1CCCC1. The topological polar surface area (TPSA) is 32.3 Å². The van der Waals surface area contributed by atoms with Crippen molar-refractivity contribution in [2.75, 3.05) is 13.6 Å². The fraction of sp³-hybridized carbons (Fsp3) is 1.00. The maximum atomic E-state index is 8.73. The second kappa shape index (κ2) is 14.4. The van der Waals surface area contributed by atoms with E-state index in [1.54, 1.807) is 0 Å². The summed E-state index contributed by atoms with van der Waals surface area (Å²) >= 11 is 0. The molecule has 1 aliphatic carbocycles. The van der Waals surface area contributed by atoms with E-state index < -0.39 is 0 Å². The van der Waals surface area contributed by atoms with Gasteiger partial charge in [-0.1, -0.05) is 33.6 Å². The minimum Gasteiger partial charge on any atom is -0.393 e. The molecule has 1 saturated carbocycles. The van der Waals surface area contributed by atoms with Gasteiger partial charge in [0.25, 0.3) is 0 Å². The van der Waals surface area contributed by atoms with Crippen molar-refractivity contribution in [1.29, 1.82) is 0 Å². The number of hydrogen-bond donors (Lipinski definition) is 2. The van der Waals surface area contributed by atoms with Crippen LogP contribution in [0.5, 0.6) is 0 Å². The fourth-order valence-corrected chi connectivity index (χ4v) is 1.15. The monoisotopic (exact) mass is 189 g/mol. The van der Waals surface area contributed by atoms with Crippen molar-refractivity contribution in [2.24, 2.45) is 0 Å². The Bertz CT molecular complexity index is 68.5. The normalized spacial score (nSPS) is 15.5. The molecule has 0 aromatic carbocycles. The third-order valence-electron chi connectivity index (χ3n) is 1.82. The van der Waals surface area contributed by atoms with Crippen LogP contribution in [0.1, 0.15) is 52.9 Å². The van der Waals surface area contributed by atoms with Gasteiger partial charge in [0, 0.05) is 0 Å². The number of aliphatic hydroxyl groups is 1. The third kappa shape index (κ3) is 14.7. The molecular weight excluding hydrogens is 162 g/mol. The van der Waals surface area contributed by atoms with E-state index in [-0.39, 0.29) is 6.10 Å². The zero-order chi connectivity index (χ0) is 10.5. The number of hydrogen-bond acceptors (Lipinski definition) is 2. The summed E-state index contributed by atoms with van der Waals surface area (Å²) in [5, 5.41) is 11.7. The van der Waals surface area contributed by atoms with E-state index in [0.29, 0.717) is 0 Å². The lowest BCUT2D eigenvalue weighted by Crippen LogP contribution is -2.04. The lowest BCUT2D eigenvalue weighted by molar-refractivity contribution is 0.183. The Kier molecular flexibility index (Phi) is 17.1.